The van der Waals surface area contributed by atoms with E-state index >= 15 is 0 Å². The minimum Gasteiger partial charge on any atom is -0.361 e. The topological polar surface area (TPSA) is 15.8 Å². The Bertz CT molecular complexity index is 800. The number of allylic oxidation sites excluding steroid dienone is 1. The van der Waals surface area contributed by atoms with Gasteiger partial charge >= 0.3 is 0 Å². The van der Waals surface area contributed by atoms with Crippen molar-refractivity contribution in [3.8, 4) is 0 Å². The quantitative estimate of drug-likeness (QED) is 0.601. The van der Waals surface area contributed by atoms with Crippen molar-refractivity contribution >= 4 is 16.5 Å². The fourth-order valence-electron chi connectivity index (χ4n) is 3.62. The summed E-state index contributed by atoms with van der Waals surface area (Å²) >= 11 is 0. The van der Waals surface area contributed by atoms with E-state index in [0.29, 0.717) is 0 Å². The molecule has 0 unspecified atom stereocenters. The van der Waals surface area contributed by atoms with Gasteiger partial charge in [0, 0.05) is 11.7 Å². The molecule has 2 aromatic carbocycles. The van der Waals surface area contributed by atoms with E-state index in [1.165, 1.54) is 59.7 Å². The second-order valence-electron chi connectivity index (χ2n) is 6.18. The summed E-state index contributed by atoms with van der Waals surface area (Å²) in [5, 5.41) is 1.29. The Labute approximate surface area is 131 Å². The van der Waals surface area contributed by atoms with Crippen LogP contribution in [0.2, 0.25) is 0 Å². The molecular formula is C21H21N. The first-order chi connectivity index (χ1) is 10.9. The first-order valence-corrected chi connectivity index (χ1v) is 8.27. The summed E-state index contributed by atoms with van der Waals surface area (Å²) in [7, 11) is 0. The van der Waals surface area contributed by atoms with Gasteiger partial charge in [0.05, 0.1) is 0 Å². The number of aromatic amines is 1. The van der Waals surface area contributed by atoms with Crippen LogP contribution in [0.1, 0.15) is 43.2 Å². The summed E-state index contributed by atoms with van der Waals surface area (Å²) < 4.78 is 0. The van der Waals surface area contributed by atoms with Crippen LogP contribution in [-0.4, -0.2) is 4.98 Å². The third-order valence-corrected chi connectivity index (χ3v) is 4.72. The number of hydrogen-bond acceptors (Lipinski definition) is 0. The van der Waals surface area contributed by atoms with Gasteiger partial charge in [-0.1, -0.05) is 48.4 Å². The van der Waals surface area contributed by atoms with Gasteiger partial charge < -0.3 is 4.98 Å². The van der Waals surface area contributed by atoms with E-state index < -0.39 is 0 Å². The van der Waals surface area contributed by atoms with Crippen LogP contribution < -0.4 is 0 Å². The number of fused-ring (bicyclic) bond motifs is 1. The van der Waals surface area contributed by atoms with Crippen molar-refractivity contribution in [1.29, 1.82) is 0 Å². The van der Waals surface area contributed by atoms with Crippen LogP contribution in [0.3, 0.4) is 0 Å². The molecule has 1 saturated carbocycles. The molecule has 0 bridgehead atoms. The van der Waals surface area contributed by atoms with Crippen LogP contribution in [0.5, 0.6) is 0 Å². The molecule has 1 heterocycles. The van der Waals surface area contributed by atoms with Crippen LogP contribution in [-0.2, 0) is 0 Å². The SMILES string of the molecule is c1ccc(C(=C2CCCCC2)c2ccc3[nH]ccc3c2)cc1. The Morgan fingerprint density at radius 1 is 0.773 bits per heavy atom. The van der Waals surface area contributed by atoms with Crippen molar-refractivity contribution in [2.24, 2.45) is 0 Å². The van der Waals surface area contributed by atoms with Crippen LogP contribution >= 0.6 is 0 Å². The van der Waals surface area contributed by atoms with Gasteiger partial charge in [-0.15, -0.1) is 0 Å². The van der Waals surface area contributed by atoms with Gasteiger partial charge in [0.15, 0.2) is 0 Å². The molecule has 22 heavy (non-hydrogen) atoms. The molecule has 1 aliphatic carbocycles. The van der Waals surface area contributed by atoms with Crippen molar-refractivity contribution in [1.82, 2.24) is 4.98 Å². The lowest BCUT2D eigenvalue weighted by Gasteiger charge is -2.20. The smallest absolute Gasteiger partial charge is 0.0454 e. The summed E-state index contributed by atoms with van der Waals surface area (Å²) in [5.41, 5.74) is 7.02. The lowest BCUT2D eigenvalue weighted by Crippen LogP contribution is -2.00. The molecule has 3 aromatic rings. The van der Waals surface area contributed by atoms with Crippen LogP contribution in [0.25, 0.3) is 16.5 Å². The zero-order valence-corrected chi connectivity index (χ0v) is 12.8. The van der Waals surface area contributed by atoms with Gasteiger partial charge in [-0.2, -0.15) is 0 Å². The Balaban J connectivity index is 1.89. The third kappa shape index (κ3) is 2.48. The molecule has 1 heteroatoms. The van der Waals surface area contributed by atoms with Crippen LogP contribution in [0, 0.1) is 0 Å². The molecular weight excluding hydrogens is 266 g/mol. The highest BCUT2D eigenvalue weighted by Gasteiger charge is 2.15. The number of nitrogens with one attached hydrogen (secondary N) is 1. The molecule has 0 atom stereocenters. The van der Waals surface area contributed by atoms with Crippen molar-refractivity contribution in [2.45, 2.75) is 32.1 Å². The molecule has 1 aromatic heterocycles. The molecule has 0 aliphatic heterocycles. The zero-order valence-electron chi connectivity index (χ0n) is 12.8. The predicted octanol–water partition coefficient (Wildman–Crippen LogP) is 5.93. The first-order valence-electron chi connectivity index (χ1n) is 8.27. The Morgan fingerprint density at radius 2 is 1.59 bits per heavy atom. The monoisotopic (exact) mass is 287 g/mol. The molecule has 0 amide bonds. The Morgan fingerprint density at radius 3 is 2.41 bits per heavy atom. The maximum absolute atomic E-state index is 3.29. The van der Waals surface area contributed by atoms with Gasteiger partial charge in [0.2, 0.25) is 0 Å². The second-order valence-corrected chi connectivity index (χ2v) is 6.18. The molecule has 4 rings (SSSR count). The largest absolute Gasteiger partial charge is 0.361 e. The molecule has 0 radical (unpaired) electrons. The fraction of sp³-hybridized carbons (Fsp3) is 0.238. The average Bonchev–Trinajstić information content (AvgIpc) is 3.05. The minimum absolute atomic E-state index is 1.21. The van der Waals surface area contributed by atoms with E-state index in [4.69, 9.17) is 0 Å². The Hall–Kier alpha value is -2.28. The highest BCUT2D eigenvalue weighted by atomic mass is 14.7. The molecule has 1 nitrogen and oxygen atoms in total. The summed E-state index contributed by atoms with van der Waals surface area (Å²) in [5.74, 6) is 0. The molecule has 1 N–H and O–H groups in total. The van der Waals surface area contributed by atoms with E-state index in [2.05, 4.69) is 59.6 Å². The lowest BCUT2D eigenvalue weighted by molar-refractivity contribution is 0.601. The maximum Gasteiger partial charge on any atom is 0.0454 e. The van der Waals surface area contributed by atoms with E-state index in [1.807, 2.05) is 6.20 Å². The van der Waals surface area contributed by atoms with E-state index in [1.54, 1.807) is 5.57 Å². The van der Waals surface area contributed by atoms with Gasteiger partial charge in [0.1, 0.15) is 0 Å². The maximum atomic E-state index is 3.29. The summed E-state index contributed by atoms with van der Waals surface area (Å²) in [6.45, 7) is 0. The number of aromatic nitrogens is 1. The number of benzene rings is 2. The standard InChI is InChI=1S/C21H21N/c1-3-7-16(8-4-1)21(17-9-5-2-6-10-17)19-11-12-20-18(15-19)13-14-22-20/h1,3-4,7-8,11-15,22H,2,5-6,9-10H2. The zero-order chi connectivity index (χ0) is 14.8. The van der Waals surface area contributed by atoms with Crippen LogP contribution in [0.15, 0.2) is 66.4 Å². The average molecular weight is 287 g/mol. The van der Waals surface area contributed by atoms with E-state index in [-0.39, 0.29) is 0 Å². The molecule has 0 saturated heterocycles. The summed E-state index contributed by atoms with van der Waals surface area (Å²) in [6.07, 6.45) is 8.55. The first kappa shape index (κ1) is 13.4. The Kier molecular flexibility index (Phi) is 3.56. The van der Waals surface area contributed by atoms with Crippen molar-refractivity contribution in [3.05, 3.63) is 77.5 Å². The number of H-pyrrole nitrogens is 1. The number of rotatable bonds is 2. The van der Waals surface area contributed by atoms with Crippen molar-refractivity contribution < 1.29 is 0 Å². The minimum atomic E-state index is 1.21. The number of hydrogen-bond donors (Lipinski definition) is 1. The predicted molar refractivity (Wildman–Crippen MR) is 93.8 cm³/mol. The summed E-state index contributed by atoms with van der Waals surface area (Å²) in [6, 6.07) is 19.8. The third-order valence-electron chi connectivity index (χ3n) is 4.72. The lowest BCUT2D eigenvalue weighted by atomic mass is 9.85. The molecule has 0 spiro atoms. The van der Waals surface area contributed by atoms with Crippen molar-refractivity contribution in [3.63, 3.8) is 0 Å². The molecule has 1 aliphatic rings. The van der Waals surface area contributed by atoms with Crippen molar-refractivity contribution in [2.75, 3.05) is 0 Å². The van der Waals surface area contributed by atoms with Gasteiger partial charge in [-0.05, 0) is 66.0 Å². The van der Waals surface area contributed by atoms with Crippen LogP contribution in [0.4, 0.5) is 0 Å². The van der Waals surface area contributed by atoms with Gasteiger partial charge in [-0.25, -0.2) is 0 Å². The van der Waals surface area contributed by atoms with Gasteiger partial charge in [0.25, 0.3) is 0 Å². The molecule has 110 valence electrons. The highest BCUT2D eigenvalue weighted by Crippen LogP contribution is 2.35. The normalized spacial score (nSPS) is 15.2. The summed E-state index contributed by atoms with van der Waals surface area (Å²) in [4.78, 5) is 3.29. The fourth-order valence-corrected chi connectivity index (χ4v) is 3.62. The molecule has 1 fully saturated rings. The van der Waals surface area contributed by atoms with Gasteiger partial charge in [-0.3, -0.25) is 0 Å². The highest BCUT2D eigenvalue weighted by molar-refractivity contribution is 5.89. The van der Waals surface area contributed by atoms with E-state index in [0.717, 1.165) is 0 Å². The van der Waals surface area contributed by atoms with E-state index in [9.17, 15) is 0 Å². The second kappa shape index (κ2) is 5.84.